The number of thioether (sulfide) groups is 1. The Balaban J connectivity index is 2.51. The van der Waals surface area contributed by atoms with Crippen LogP contribution in [0.25, 0.3) is 0 Å². The van der Waals surface area contributed by atoms with Gasteiger partial charge in [0.1, 0.15) is 0 Å². The summed E-state index contributed by atoms with van der Waals surface area (Å²) in [5.41, 5.74) is 0. The zero-order chi connectivity index (χ0) is 14.1. The van der Waals surface area contributed by atoms with Crippen molar-refractivity contribution in [3.8, 4) is 0 Å². The van der Waals surface area contributed by atoms with Crippen LogP contribution in [0.4, 0.5) is 0 Å². The Morgan fingerprint density at radius 2 is 1.95 bits per heavy atom. The van der Waals surface area contributed by atoms with Crippen LogP contribution in [0.1, 0.15) is 39.5 Å². The SMILES string of the molecule is CCCCOOSC1=C(S(=O)(=O)CCCC)CSC1. The van der Waals surface area contributed by atoms with Gasteiger partial charge in [-0.05, 0) is 12.8 Å². The largest absolute Gasteiger partial charge is 0.224 e. The summed E-state index contributed by atoms with van der Waals surface area (Å²) in [5, 5.41) is 0. The first-order valence-corrected chi connectivity index (χ1v) is 10.1. The van der Waals surface area contributed by atoms with E-state index in [2.05, 4.69) is 6.92 Å². The van der Waals surface area contributed by atoms with Crippen molar-refractivity contribution in [2.75, 3.05) is 23.9 Å². The topological polar surface area (TPSA) is 52.6 Å². The van der Waals surface area contributed by atoms with Gasteiger partial charge in [0, 0.05) is 16.4 Å². The quantitative estimate of drug-likeness (QED) is 0.265. The fourth-order valence-electron chi connectivity index (χ4n) is 1.49. The minimum atomic E-state index is -3.12. The molecular weight excluding hydrogens is 304 g/mol. The highest BCUT2D eigenvalue weighted by atomic mass is 32.2. The molecule has 0 aromatic carbocycles. The normalized spacial score (nSPS) is 16.3. The summed E-state index contributed by atoms with van der Waals surface area (Å²) in [6.07, 6.45) is 3.58. The molecule has 0 bridgehead atoms. The Bertz CT molecular complexity index is 390. The van der Waals surface area contributed by atoms with Crippen molar-refractivity contribution in [3.05, 3.63) is 9.81 Å². The summed E-state index contributed by atoms with van der Waals surface area (Å²) >= 11 is 2.67. The second-order valence-electron chi connectivity index (χ2n) is 4.34. The number of hydrogen-bond acceptors (Lipinski definition) is 6. The number of unbranched alkanes of at least 4 members (excludes halogenated alkanes) is 2. The molecule has 0 fully saturated rings. The Kier molecular flexibility index (Phi) is 8.48. The third-order valence-corrected chi connectivity index (χ3v) is 6.89. The highest BCUT2D eigenvalue weighted by Crippen LogP contribution is 2.36. The smallest absolute Gasteiger partial charge is 0.176 e. The van der Waals surface area contributed by atoms with Crippen LogP contribution in [0, 0.1) is 0 Å². The summed E-state index contributed by atoms with van der Waals surface area (Å²) in [6, 6.07) is 0. The van der Waals surface area contributed by atoms with Gasteiger partial charge in [0.15, 0.2) is 9.84 Å². The zero-order valence-electron chi connectivity index (χ0n) is 11.5. The molecule has 0 saturated carbocycles. The zero-order valence-corrected chi connectivity index (χ0v) is 14.0. The first-order chi connectivity index (χ1) is 9.11. The highest BCUT2D eigenvalue weighted by Gasteiger charge is 2.27. The molecule has 1 aliphatic heterocycles. The first kappa shape index (κ1) is 17.4. The van der Waals surface area contributed by atoms with Gasteiger partial charge in [0.2, 0.25) is 0 Å². The van der Waals surface area contributed by atoms with E-state index in [1.807, 2.05) is 6.92 Å². The van der Waals surface area contributed by atoms with Gasteiger partial charge in [-0.1, -0.05) is 26.7 Å². The van der Waals surface area contributed by atoms with Crippen molar-refractivity contribution in [2.45, 2.75) is 39.5 Å². The molecular formula is C12H22O4S3. The van der Waals surface area contributed by atoms with Gasteiger partial charge in [-0.2, -0.15) is 16.1 Å². The van der Waals surface area contributed by atoms with Gasteiger partial charge in [0.25, 0.3) is 0 Å². The number of rotatable bonds is 10. The Hall–Kier alpha value is 0.310. The predicted octanol–water partition coefficient (Wildman–Crippen LogP) is 3.56. The molecule has 0 aliphatic carbocycles. The lowest BCUT2D eigenvalue weighted by Gasteiger charge is -2.07. The molecule has 1 heterocycles. The van der Waals surface area contributed by atoms with Crippen LogP contribution in [0.5, 0.6) is 0 Å². The summed E-state index contributed by atoms with van der Waals surface area (Å²) in [7, 11) is -3.12. The Morgan fingerprint density at radius 1 is 1.21 bits per heavy atom. The Morgan fingerprint density at radius 3 is 2.63 bits per heavy atom. The van der Waals surface area contributed by atoms with Gasteiger partial charge >= 0.3 is 0 Å². The molecule has 7 heteroatoms. The molecule has 0 saturated heterocycles. The molecule has 0 aromatic rings. The third kappa shape index (κ3) is 6.08. The van der Waals surface area contributed by atoms with Crippen molar-refractivity contribution >= 4 is 33.6 Å². The molecule has 0 atom stereocenters. The molecule has 0 radical (unpaired) electrons. The molecule has 0 amide bonds. The molecule has 1 rings (SSSR count). The highest BCUT2D eigenvalue weighted by molar-refractivity contribution is 8.07. The van der Waals surface area contributed by atoms with E-state index in [0.717, 1.165) is 36.2 Å². The van der Waals surface area contributed by atoms with Gasteiger partial charge in [0.05, 0.1) is 29.3 Å². The molecule has 4 nitrogen and oxygen atoms in total. The third-order valence-electron chi connectivity index (χ3n) is 2.68. The fraction of sp³-hybridized carbons (Fsp3) is 0.833. The fourth-order valence-corrected chi connectivity index (χ4v) is 6.09. The van der Waals surface area contributed by atoms with E-state index < -0.39 is 9.84 Å². The molecule has 19 heavy (non-hydrogen) atoms. The lowest BCUT2D eigenvalue weighted by atomic mass is 10.4. The van der Waals surface area contributed by atoms with Gasteiger partial charge in [-0.15, -0.1) is 0 Å². The maximum absolute atomic E-state index is 12.2. The van der Waals surface area contributed by atoms with Crippen molar-refractivity contribution in [2.24, 2.45) is 0 Å². The lowest BCUT2D eigenvalue weighted by Crippen LogP contribution is -2.10. The van der Waals surface area contributed by atoms with E-state index in [0.29, 0.717) is 29.4 Å². The summed E-state index contributed by atoms with van der Waals surface area (Å²) in [6.45, 7) is 4.61. The van der Waals surface area contributed by atoms with Gasteiger partial charge < -0.3 is 0 Å². The van der Waals surface area contributed by atoms with E-state index >= 15 is 0 Å². The van der Waals surface area contributed by atoms with Crippen LogP contribution < -0.4 is 0 Å². The van der Waals surface area contributed by atoms with Crippen molar-refractivity contribution < 1.29 is 17.6 Å². The van der Waals surface area contributed by atoms with Crippen molar-refractivity contribution in [1.29, 1.82) is 0 Å². The van der Waals surface area contributed by atoms with E-state index in [-0.39, 0.29) is 5.75 Å². The van der Waals surface area contributed by atoms with Crippen LogP contribution in [0.3, 0.4) is 0 Å². The van der Waals surface area contributed by atoms with Crippen LogP contribution in [0.15, 0.2) is 9.81 Å². The number of sulfone groups is 1. The van der Waals surface area contributed by atoms with Crippen LogP contribution in [-0.4, -0.2) is 32.3 Å². The van der Waals surface area contributed by atoms with E-state index in [1.54, 1.807) is 11.8 Å². The standard InChI is InChI=1S/C12H22O4S3/c1-3-5-7-15-16-18-11-9-17-10-12(11)19(13,14)8-6-4-2/h3-10H2,1-2H3. The first-order valence-electron chi connectivity index (χ1n) is 6.60. The van der Waals surface area contributed by atoms with E-state index in [9.17, 15) is 8.42 Å². The average molecular weight is 327 g/mol. The molecule has 1 aliphatic rings. The second kappa shape index (κ2) is 9.28. The Labute approximate surface area is 124 Å². The van der Waals surface area contributed by atoms with Crippen LogP contribution in [0.2, 0.25) is 0 Å². The van der Waals surface area contributed by atoms with Gasteiger partial charge in [-0.25, -0.2) is 13.3 Å². The monoisotopic (exact) mass is 326 g/mol. The molecule has 112 valence electrons. The van der Waals surface area contributed by atoms with E-state index in [1.165, 1.54) is 0 Å². The van der Waals surface area contributed by atoms with Gasteiger partial charge in [-0.3, -0.25) is 0 Å². The maximum atomic E-state index is 12.2. The molecule has 0 spiro atoms. The second-order valence-corrected chi connectivity index (χ2v) is 8.25. The molecule has 0 unspecified atom stereocenters. The average Bonchev–Trinajstić information content (AvgIpc) is 2.85. The molecule has 0 N–H and O–H groups in total. The number of hydrogen-bond donors (Lipinski definition) is 0. The summed E-state index contributed by atoms with van der Waals surface area (Å²) in [5.74, 6) is 1.50. The van der Waals surface area contributed by atoms with Crippen LogP contribution in [-0.2, 0) is 19.1 Å². The van der Waals surface area contributed by atoms with Crippen molar-refractivity contribution in [1.82, 2.24) is 0 Å². The minimum absolute atomic E-state index is 0.236. The van der Waals surface area contributed by atoms with Crippen LogP contribution >= 0.6 is 23.8 Å². The predicted molar refractivity (Wildman–Crippen MR) is 82.6 cm³/mol. The van der Waals surface area contributed by atoms with Crippen molar-refractivity contribution in [3.63, 3.8) is 0 Å². The maximum Gasteiger partial charge on any atom is 0.176 e. The minimum Gasteiger partial charge on any atom is -0.224 e. The van der Waals surface area contributed by atoms with E-state index in [4.69, 9.17) is 9.22 Å². The molecule has 0 aromatic heterocycles. The lowest BCUT2D eigenvalue weighted by molar-refractivity contribution is -0.190. The summed E-state index contributed by atoms with van der Waals surface area (Å²) in [4.78, 5) is 6.33. The summed E-state index contributed by atoms with van der Waals surface area (Å²) < 4.78 is 29.3.